The van der Waals surface area contributed by atoms with Gasteiger partial charge in [0.05, 0.1) is 6.33 Å². The normalized spacial score (nSPS) is 10.3. The van der Waals surface area contributed by atoms with Crippen molar-refractivity contribution in [3.8, 4) is 0 Å². The molecule has 0 aliphatic heterocycles. The molecule has 0 spiro atoms. The van der Waals surface area contributed by atoms with Gasteiger partial charge in [-0.05, 0) is 30.7 Å². The molecular weight excluding hydrogens is 304 g/mol. The van der Waals surface area contributed by atoms with Crippen LogP contribution >= 0.6 is 11.6 Å². The number of halogens is 1. The molecule has 0 unspecified atom stereocenters. The van der Waals surface area contributed by atoms with Crippen LogP contribution in [0.3, 0.4) is 0 Å². The molecule has 2 N–H and O–H groups in total. The van der Waals surface area contributed by atoms with Gasteiger partial charge in [-0.15, -0.1) is 0 Å². The SMILES string of the molecule is CCc1cc(=O)n(CCNC(=O)Nc2ccc(Cl)cc2)cn1. The largest absolute Gasteiger partial charge is 0.336 e. The van der Waals surface area contributed by atoms with E-state index < -0.39 is 0 Å². The van der Waals surface area contributed by atoms with Crippen LogP contribution in [0.4, 0.5) is 10.5 Å². The lowest BCUT2D eigenvalue weighted by Crippen LogP contribution is -2.33. The maximum absolute atomic E-state index is 11.8. The van der Waals surface area contributed by atoms with Crippen LogP contribution < -0.4 is 16.2 Å². The van der Waals surface area contributed by atoms with Gasteiger partial charge in [0, 0.05) is 35.6 Å². The number of aromatic nitrogens is 2. The van der Waals surface area contributed by atoms with Crippen molar-refractivity contribution in [2.24, 2.45) is 0 Å². The molecule has 6 nitrogen and oxygen atoms in total. The molecule has 116 valence electrons. The fourth-order valence-corrected chi connectivity index (χ4v) is 1.95. The van der Waals surface area contributed by atoms with E-state index in [9.17, 15) is 9.59 Å². The second-order valence-corrected chi connectivity index (χ2v) is 5.09. The second-order valence-electron chi connectivity index (χ2n) is 4.65. The van der Waals surface area contributed by atoms with Gasteiger partial charge in [0.15, 0.2) is 0 Å². The number of hydrogen-bond acceptors (Lipinski definition) is 3. The fraction of sp³-hybridized carbons (Fsp3) is 0.267. The molecule has 0 bridgehead atoms. The number of amides is 2. The van der Waals surface area contributed by atoms with Crippen molar-refractivity contribution < 1.29 is 4.79 Å². The molecule has 2 aromatic rings. The average Bonchev–Trinajstić information content (AvgIpc) is 2.51. The minimum Gasteiger partial charge on any atom is -0.336 e. The van der Waals surface area contributed by atoms with E-state index in [0.29, 0.717) is 23.8 Å². The predicted molar refractivity (Wildman–Crippen MR) is 86.3 cm³/mol. The summed E-state index contributed by atoms with van der Waals surface area (Å²) in [5, 5.41) is 5.96. The van der Waals surface area contributed by atoms with E-state index in [1.807, 2.05) is 6.92 Å². The standard InChI is InChI=1S/C15H17ClN4O2/c1-2-12-9-14(21)20(10-18-12)8-7-17-15(22)19-13-5-3-11(16)4-6-13/h3-6,9-10H,2,7-8H2,1H3,(H2,17,19,22). The number of nitrogens with zero attached hydrogens (tertiary/aromatic N) is 2. The molecule has 0 saturated carbocycles. The Kier molecular flexibility index (Phi) is 5.55. The zero-order chi connectivity index (χ0) is 15.9. The number of benzene rings is 1. The highest BCUT2D eigenvalue weighted by Gasteiger charge is 2.02. The maximum atomic E-state index is 11.8. The summed E-state index contributed by atoms with van der Waals surface area (Å²) in [5.74, 6) is 0. The van der Waals surface area contributed by atoms with Crippen molar-refractivity contribution in [2.45, 2.75) is 19.9 Å². The average molecular weight is 321 g/mol. The van der Waals surface area contributed by atoms with Crippen molar-refractivity contribution in [2.75, 3.05) is 11.9 Å². The molecule has 0 fully saturated rings. The van der Waals surface area contributed by atoms with Gasteiger partial charge < -0.3 is 10.6 Å². The molecule has 0 radical (unpaired) electrons. The molecule has 0 saturated heterocycles. The van der Waals surface area contributed by atoms with Gasteiger partial charge in [0.25, 0.3) is 5.56 Å². The highest BCUT2D eigenvalue weighted by Crippen LogP contribution is 2.12. The van der Waals surface area contributed by atoms with Crippen LogP contribution in [0, 0.1) is 0 Å². The Labute approximate surface area is 133 Å². The van der Waals surface area contributed by atoms with Crippen LogP contribution in [0.15, 0.2) is 41.5 Å². The van der Waals surface area contributed by atoms with Gasteiger partial charge in [0.2, 0.25) is 0 Å². The summed E-state index contributed by atoms with van der Waals surface area (Å²) in [6.07, 6.45) is 2.22. The minimum atomic E-state index is -0.339. The summed E-state index contributed by atoms with van der Waals surface area (Å²) >= 11 is 5.77. The third-order valence-electron chi connectivity index (χ3n) is 3.04. The number of urea groups is 1. The zero-order valence-electron chi connectivity index (χ0n) is 12.2. The quantitative estimate of drug-likeness (QED) is 0.887. The van der Waals surface area contributed by atoms with Gasteiger partial charge >= 0.3 is 6.03 Å². The molecule has 2 rings (SSSR count). The Morgan fingerprint density at radius 2 is 2.05 bits per heavy atom. The van der Waals surface area contributed by atoms with Crippen LogP contribution in [0.25, 0.3) is 0 Å². The lowest BCUT2D eigenvalue weighted by molar-refractivity contribution is 0.251. The van der Waals surface area contributed by atoms with Gasteiger partial charge in [-0.2, -0.15) is 0 Å². The zero-order valence-corrected chi connectivity index (χ0v) is 12.9. The third kappa shape index (κ3) is 4.60. The highest BCUT2D eigenvalue weighted by atomic mass is 35.5. The highest BCUT2D eigenvalue weighted by molar-refractivity contribution is 6.30. The van der Waals surface area contributed by atoms with Crippen LogP contribution in [0.2, 0.25) is 5.02 Å². The summed E-state index contributed by atoms with van der Waals surface area (Å²) in [6, 6.07) is 7.97. The number of carbonyl (C=O) groups is 1. The molecule has 22 heavy (non-hydrogen) atoms. The molecule has 2 amide bonds. The molecule has 0 atom stereocenters. The number of carbonyl (C=O) groups excluding carboxylic acids is 1. The van der Waals surface area contributed by atoms with Gasteiger partial charge in [-0.25, -0.2) is 9.78 Å². The van der Waals surface area contributed by atoms with Crippen LogP contribution in [0.5, 0.6) is 0 Å². The van der Waals surface area contributed by atoms with E-state index in [1.165, 1.54) is 17.0 Å². The first-order chi connectivity index (χ1) is 10.6. The van der Waals surface area contributed by atoms with Crippen LogP contribution in [-0.4, -0.2) is 22.1 Å². The van der Waals surface area contributed by atoms with Crippen molar-refractivity contribution in [3.05, 3.63) is 57.7 Å². The Morgan fingerprint density at radius 3 is 2.68 bits per heavy atom. The Balaban J connectivity index is 1.82. The molecule has 1 aromatic carbocycles. The third-order valence-corrected chi connectivity index (χ3v) is 3.29. The predicted octanol–water partition coefficient (Wildman–Crippen LogP) is 2.28. The van der Waals surface area contributed by atoms with Crippen molar-refractivity contribution >= 4 is 23.3 Å². The van der Waals surface area contributed by atoms with Gasteiger partial charge in [-0.1, -0.05) is 18.5 Å². The summed E-state index contributed by atoms with van der Waals surface area (Å²) < 4.78 is 1.46. The van der Waals surface area contributed by atoms with E-state index in [4.69, 9.17) is 11.6 Å². The lowest BCUT2D eigenvalue weighted by atomic mass is 10.3. The molecular formula is C15H17ClN4O2. The van der Waals surface area contributed by atoms with Crippen molar-refractivity contribution in [3.63, 3.8) is 0 Å². The van der Waals surface area contributed by atoms with Crippen LogP contribution in [0.1, 0.15) is 12.6 Å². The maximum Gasteiger partial charge on any atom is 0.319 e. The Morgan fingerprint density at radius 1 is 1.32 bits per heavy atom. The first-order valence-corrected chi connectivity index (χ1v) is 7.32. The van der Waals surface area contributed by atoms with E-state index in [-0.39, 0.29) is 11.6 Å². The molecule has 0 aliphatic rings. The fourth-order valence-electron chi connectivity index (χ4n) is 1.82. The first kappa shape index (κ1) is 16.0. The van der Waals surface area contributed by atoms with Gasteiger partial charge in [0.1, 0.15) is 0 Å². The molecule has 0 aliphatic carbocycles. The number of rotatable bonds is 5. The summed E-state index contributed by atoms with van der Waals surface area (Å²) in [6.45, 7) is 2.63. The smallest absolute Gasteiger partial charge is 0.319 e. The number of aryl methyl sites for hydroxylation is 1. The second kappa shape index (κ2) is 7.61. The Hall–Kier alpha value is -2.34. The topological polar surface area (TPSA) is 76.0 Å². The summed E-state index contributed by atoms with van der Waals surface area (Å²) in [5.41, 5.74) is 1.29. The molecule has 1 aromatic heterocycles. The minimum absolute atomic E-state index is 0.119. The van der Waals surface area contributed by atoms with E-state index in [1.54, 1.807) is 24.3 Å². The number of anilines is 1. The van der Waals surface area contributed by atoms with Crippen LogP contribution in [-0.2, 0) is 13.0 Å². The Bertz CT molecular complexity index is 697. The van der Waals surface area contributed by atoms with Gasteiger partial charge in [-0.3, -0.25) is 9.36 Å². The number of nitrogens with one attached hydrogen (secondary N) is 2. The summed E-state index contributed by atoms with van der Waals surface area (Å²) in [7, 11) is 0. The van der Waals surface area contributed by atoms with E-state index in [2.05, 4.69) is 15.6 Å². The first-order valence-electron chi connectivity index (χ1n) is 6.94. The number of hydrogen-bond donors (Lipinski definition) is 2. The van der Waals surface area contributed by atoms with E-state index in [0.717, 1.165) is 12.1 Å². The summed E-state index contributed by atoms with van der Waals surface area (Å²) in [4.78, 5) is 27.6. The van der Waals surface area contributed by atoms with Crippen molar-refractivity contribution in [1.82, 2.24) is 14.9 Å². The van der Waals surface area contributed by atoms with Crippen molar-refractivity contribution in [1.29, 1.82) is 0 Å². The monoisotopic (exact) mass is 320 g/mol. The lowest BCUT2D eigenvalue weighted by Gasteiger charge is -2.09. The molecule has 1 heterocycles. The molecule has 7 heteroatoms. The van der Waals surface area contributed by atoms with E-state index >= 15 is 0 Å².